The summed E-state index contributed by atoms with van der Waals surface area (Å²) < 4.78 is 10.3. The Hall–Kier alpha value is -1.69. The van der Waals surface area contributed by atoms with Crippen LogP contribution in [0.1, 0.15) is 13.8 Å². The van der Waals surface area contributed by atoms with Gasteiger partial charge in [0.1, 0.15) is 11.2 Å². The molecule has 2 heterocycles. The van der Waals surface area contributed by atoms with Gasteiger partial charge >= 0.3 is 5.97 Å². The molecule has 2 aromatic heterocycles. The number of nitrogens with zero attached hydrogens (tertiary/aromatic N) is 2. The first-order valence-electron chi connectivity index (χ1n) is 5.24. The van der Waals surface area contributed by atoms with E-state index in [1.54, 1.807) is 13.8 Å². The summed E-state index contributed by atoms with van der Waals surface area (Å²) in [5.41, 5.74) is 0. The highest BCUT2D eigenvalue weighted by molar-refractivity contribution is 7.16. The van der Waals surface area contributed by atoms with Crippen LogP contribution in [0, 0.1) is 0 Å². The van der Waals surface area contributed by atoms with Crippen molar-refractivity contribution in [3.8, 4) is 5.88 Å². The van der Waals surface area contributed by atoms with E-state index >= 15 is 0 Å². The van der Waals surface area contributed by atoms with Crippen molar-refractivity contribution >= 4 is 27.5 Å². The summed E-state index contributed by atoms with van der Waals surface area (Å²) in [6, 6.07) is 1.87. The third-order valence-electron chi connectivity index (χ3n) is 2.13. The van der Waals surface area contributed by atoms with Crippen LogP contribution in [0.2, 0.25) is 0 Å². The summed E-state index contributed by atoms with van der Waals surface area (Å²) in [7, 11) is 0. The van der Waals surface area contributed by atoms with Crippen LogP contribution in [-0.2, 0) is 9.53 Å². The maximum absolute atomic E-state index is 11.4. The third-order valence-corrected chi connectivity index (χ3v) is 2.95. The summed E-state index contributed by atoms with van der Waals surface area (Å²) in [5, 5.41) is 2.72. The van der Waals surface area contributed by atoms with Crippen LogP contribution in [-0.4, -0.2) is 28.6 Å². The maximum Gasteiger partial charge on any atom is 0.347 e. The monoisotopic (exact) mass is 252 g/mol. The van der Waals surface area contributed by atoms with Gasteiger partial charge in [0.15, 0.2) is 6.10 Å². The highest BCUT2D eigenvalue weighted by atomic mass is 32.1. The minimum atomic E-state index is -0.673. The van der Waals surface area contributed by atoms with E-state index in [4.69, 9.17) is 9.47 Å². The van der Waals surface area contributed by atoms with Crippen molar-refractivity contribution in [2.24, 2.45) is 0 Å². The van der Waals surface area contributed by atoms with Crippen LogP contribution in [0.25, 0.3) is 10.2 Å². The summed E-state index contributed by atoms with van der Waals surface area (Å²) in [5.74, 6) is 0.0197. The molecule has 2 aromatic rings. The van der Waals surface area contributed by atoms with Crippen LogP contribution >= 0.6 is 11.3 Å². The molecule has 0 saturated heterocycles. The van der Waals surface area contributed by atoms with E-state index in [1.807, 2.05) is 11.4 Å². The number of carbonyl (C=O) groups is 1. The molecule has 1 unspecified atom stereocenters. The average molecular weight is 252 g/mol. The van der Waals surface area contributed by atoms with Gasteiger partial charge in [0.05, 0.1) is 12.0 Å². The molecule has 0 aromatic carbocycles. The Bertz CT molecular complexity index is 526. The van der Waals surface area contributed by atoms with Gasteiger partial charge in [0, 0.05) is 0 Å². The Balaban J connectivity index is 2.18. The molecule has 0 bridgehead atoms. The fraction of sp³-hybridized carbons (Fsp3) is 0.364. The van der Waals surface area contributed by atoms with E-state index in [2.05, 4.69) is 9.97 Å². The molecule has 0 fully saturated rings. The van der Waals surface area contributed by atoms with E-state index in [0.717, 1.165) is 10.2 Å². The number of hydrogen-bond donors (Lipinski definition) is 0. The first-order chi connectivity index (χ1) is 8.22. The number of rotatable bonds is 4. The first-order valence-corrected chi connectivity index (χ1v) is 6.11. The Morgan fingerprint density at radius 2 is 2.35 bits per heavy atom. The fourth-order valence-corrected chi connectivity index (χ4v) is 2.06. The van der Waals surface area contributed by atoms with Crippen molar-refractivity contribution in [2.75, 3.05) is 6.61 Å². The largest absolute Gasteiger partial charge is 0.463 e. The molecule has 0 N–H and O–H groups in total. The highest BCUT2D eigenvalue weighted by Gasteiger charge is 2.18. The Kier molecular flexibility index (Phi) is 3.53. The van der Waals surface area contributed by atoms with E-state index in [-0.39, 0.29) is 0 Å². The van der Waals surface area contributed by atoms with Crippen molar-refractivity contribution in [3.63, 3.8) is 0 Å². The molecule has 0 amide bonds. The lowest BCUT2D eigenvalue weighted by molar-refractivity contribution is -0.150. The zero-order valence-corrected chi connectivity index (χ0v) is 10.4. The molecule has 6 heteroatoms. The molecular weight excluding hydrogens is 240 g/mol. The SMILES string of the molecule is CCOC(=O)C(C)Oc1ncnc2sccc12. The topological polar surface area (TPSA) is 61.3 Å². The molecule has 0 spiro atoms. The van der Waals surface area contributed by atoms with Gasteiger partial charge in [-0.05, 0) is 25.3 Å². The summed E-state index contributed by atoms with van der Waals surface area (Å²) >= 11 is 1.50. The summed E-state index contributed by atoms with van der Waals surface area (Å²) in [4.78, 5) is 20.4. The second kappa shape index (κ2) is 5.09. The molecule has 1 atom stereocenters. The van der Waals surface area contributed by atoms with E-state index in [9.17, 15) is 4.79 Å². The molecule has 17 heavy (non-hydrogen) atoms. The van der Waals surface area contributed by atoms with Crippen molar-refractivity contribution in [3.05, 3.63) is 17.8 Å². The lowest BCUT2D eigenvalue weighted by Gasteiger charge is -2.12. The first kappa shape index (κ1) is 11.8. The quantitative estimate of drug-likeness (QED) is 0.779. The van der Waals surface area contributed by atoms with E-state index < -0.39 is 12.1 Å². The van der Waals surface area contributed by atoms with E-state index in [0.29, 0.717) is 12.5 Å². The van der Waals surface area contributed by atoms with Gasteiger partial charge in [0.25, 0.3) is 0 Å². The molecular formula is C11H12N2O3S. The van der Waals surface area contributed by atoms with Crippen LogP contribution < -0.4 is 4.74 Å². The molecule has 90 valence electrons. The number of esters is 1. The number of aromatic nitrogens is 2. The number of ether oxygens (including phenoxy) is 2. The molecule has 0 radical (unpaired) electrons. The average Bonchev–Trinajstić information content (AvgIpc) is 2.78. The third kappa shape index (κ3) is 2.52. The van der Waals surface area contributed by atoms with Crippen LogP contribution in [0.5, 0.6) is 5.88 Å². The number of thiophene rings is 1. The van der Waals surface area contributed by atoms with Crippen LogP contribution in [0.4, 0.5) is 0 Å². The number of carbonyl (C=O) groups excluding carboxylic acids is 1. The minimum Gasteiger partial charge on any atom is -0.463 e. The molecule has 0 aliphatic carbocycles. The minimum absolute atomic E-state index is 0.337. The Morgan fingerprint density at radius 3 is 3.12 bits per heavy atom. The second-order valence-electron chi connectivity index (χ2n) is 3.33. The zero-order chi connectivity index (χ0) is 12.3. The van der Waals surface area contributed by atoms with Crippen molar-refractivity contribution < 1.29 is 14.3 Å². The second-order valence-corrected chi connectivity index (χ2v) is 4.22. The normalized spacial score (nSPS) is 12.4. The van der Waals surface area contributed by atoms with E-state index in [1.165, 1.54) is 17.7 Å². The predicted octanol–water partition coefficient (Wildman–Crippen LogP) is 2.02. The fourth-order valence-electron chi connectivity index (χ4n) is 1.34. The number of fused-ring (bicyclic) bond motifs is 1. The highest BCUT2D eigenvalue weighted by Crippen LogP contribution is 2.26. The van der Waals surface area contributed by atoms with Gasteiger partial charge in [-0.1, -0.05) is 0 Å². The summed E-state index contributed by atoms with van der Waals surface area (Å²) in [6.45, 7) is 3.73. The lowest BCUT2D eigenvalue weighted by atomic mass is 10.4. The lowest BCUT2D eigenvalue weighted by Crippen LogP contribution is -2.26. The van der Waals surface area contributed by atoms with Gasteiger partial charge in [-0.2, -0.15) is 0 Å². The Labute approximate surface area is 102 Å². The smallest absolute Gasteiger partial charge is 0.347 e. The van der Waals surface area contributed by atoms with Gasteiger partial charge in [-0.25, -0.2) is 14.8 Å². The number of hydrogen-bond acceptors (Lipinski definition) is 6. The van der Waals surface area contributed by atoms with Crippen LogP contribution in [0.15, 0.2) is 17.8 Å². The van der Waals surface area contributed by atoms with Gasteiger partial charge in [-0.3, -0.25) is 0 Å². The summed E-state index contributed by atoms with van der Waals surface area (Å²) in [6.07, 6.45) is 0.749. The van der Waals surface area contributed by atoms with Crippen molar-refractivity contribution in [2.45, 2.75) is 20.0 Å². The molecule has 0 aliphatic rings. The standard InChI is InChI=1S/C11H12N2O3S/c1-3-15-11(14)7(2)16-9-8-4-5-17-10(8)13-6-12-9/h4-7H,3H2,1-2H3. The van der Waals surface area contributed by atoms with Gasteiger partial charge in [0.2, 0.25) is 5.88 Å². The van der Waals surface area contributed by atoms with Crippen LogP contribution in [0.3, 0.4) is 0 Å². The van der Waals surface area contributed by atoms with Gasteiger partial charge in [-0.15, -0.1) is 11.3 Å². The van der Waals surface area contributed by atoms with Crippen molar-refractivity contribution in [1.29, 1.82) is 0 Å². The predicted molar refractivity (Wildman–Crippen MR) is 64.1 cm³/mol. The molecule has 0 aliphatic heterocycles. The molecule has 5 nitrogen and oxygen atoms in total. The zero-order valence-electron chi connectivity index (χ0n) is 9.54. The maximum atomic E-state index is 11.4. The van der Waals surface area contributed by atoms with Crippen molar-refractivity contribution in [1.82, 2.24) is 9.97 Å². The molecule has 2 rings (SSSR count). The van der Waals surface area contributed by atoms with Gasteiger partial charge < -0.3 is 9.47 Å². The Morgan fingerprint density at radius 1 is 1.53 bits per heavy atom. The molecule has 0 saturated carbocycles.